The Kier molecular flexibility index (Phi) is 7.59. The zero-order valence-corrected chi connectivity index (χ0v) is 22.2. The molecule has 2 aromatic heterocycles. The molecule has 2 heterocycles. The largest absolute Gasteiger partial charge is 0.417 e. The number of anilines is 1. The summed E-state index contributed by atoms with van der Waals surface area (Å²) in [6.45, 7) is 1.38. The number of halogens is 3. The van der Waals surface area contributed by atoms with Crippen molar-refractivity contribution in [3.8, 4) is 0 Å². The third-order valence-corrected chi connectivity index (χ3v) is 8.18. The molecular formula is C29H28F3N3O3S. The molecule has 0 saturated heterocycles. The van der Waals surface area contributed by atoms with Crippen molar-refractivity contribution >= 4 is 39.2 Å². The number of benzene rings is 2. The van der Waals surface area contributed by atoms with Crippen LogP contribution in [-0.4, -0.2) is 32.5 Å². The molecule has 6 nitrogen and oxygen atoms in total. The maximum atomic E-state index is 13.9. The Morgan fingerprint density at radius 2 is 1.87 bits per heavy atom. The molecule has 1 amide bonds. The van der Waals surface area contributed by atoms with E-state index in [0.29, 0.717) is 32.9 Å². The highest BCUT2D eigenvalue weighted by Gasteiger charge is 2.36. The first-order valence-corrected chi connectivity index (χ1v) is 13.7. The summed E-state index contributed by atoms with van der Waals surface area (Å²) in [6.07, 6.45) is 1.78. The number of thiazole rings is 1. The number of hydrogen-bond acceptors (Lipinski definition) is 5. The van der Waals surface area contributed by atoms with Crippen LogP contribution in [0.3, 0.4) is 0 Å². The van der Waals surface area contributed by atoms with E-state index >= 15 is 0 Å². The summed E-state index contributed by atoms with van der Waals surface area (Å²) < 4.78 is 42.6. The smallest absolute Gasteiger partial charge is 0.392 e. The Morgan fingerprint density at radius 3 is 2.54 bits per heavy atom. The lowest BCUT2D eigenvalue weighted by Gasteiger charge is -2.32. The zero-order valence-electron chi connectivity index (χ0n) is 21.4. The van der Waals surface area contributed by atoms with Crippen molar-refractivity contribution < 1.29 is 27.9 Å². The summed E-state index contributed by atoms with van der Waals surface area (Å²) >= 11 is 1.38. The number of aliphatic hydroxyl groups excluding tert-OH is 1. The number of fused-ring (bicyclic) bond motifs is 1. The van der Waals surface area contributed by atoms with Crippen molar-refractivity contribution in [2.75, 3.05) is 4.90 Å². The molecule has 0 radical (unpaired) electrons. The van der Waals surface area contributed by atoms with Gasteiger partial charge >= 0.3 is 6.18 Å². The topological polar surface area (TPSA) is 75.4 Å². The minimum atomic E-state index is -4.71. The molecule has 204 valence electrons. The molecule has 1 saturated carbocycles. The van der Waals surface area contributed by atoms with Crippen molar-refractivity contribution in [1.29, 1.82) is 0 Å². The van der Waals surface area contributed by atoms with Crippen LogP contribution in [0.5, 0.6) is 0 Å². The maximum Gasteiger partial charge on any atom is 0.417 e. The number of aromatic nitrogens is 2. The lowest BCUT2D eigenvalue weighted by atomic mass is 9.94. The highest BCUT2D eigenvalue weighted by atomic mass is 32.1. The number of carbonyl (C=O) groups excluding carboxylic acids is 2. The predicted molar refractivity (Wildman–Crippen MR) is 144 cm³/mol. The van der Waals surface area contributed by atoms with Gasteiger partial charge in [0.15, 0.2) is 5.13 Å². The van der Waals surface area contributed by atoms with Crippen molar-refractivity contribution in [2.45, 2.75) is 64.3 Å². The van der Waals surface area contributed by atoms with Crippen LogP contribution in [0.2, 0.25) is 0 Å². The van der Waals surface area contributed by atoms with Crippen molar-refractivity contribution in [2.24, 2.45) is 0 Å². The molecule has 10 heteroatoms. The second-order valence-electron chi connectivity index (χ2n) is 9.80. The van der Waals surface area contributed by atoms with E-state index in [-0.39, 0.29) is 25.0 Å². The number of hydrogen-bond donors (Lipinski definition) is 1. The predicted octanol–water partition coefficient (Wildman–Crippen LogP) is 6.51. The first-order valence-electron chi connectivity index (χ1n) is 12.9. The first-order chi connectivity index (χ1) is 18.7. The molecular weight excluding hydrogens is 527 g/mol. The molecule has 0 aliphatic heterocycles. The Morgan fingerprint density at radius 1 is 1.13 bits per heavy atom. The number of amides is 1. The molecule has 1 aliphatic rings. The molecule has 0 spiro atoms. The van der Waals surface area contributed by atoms with Gasteiger partial charge in [0, 0.05) is 28.7 Å². The highest BCUT2D eigenvalue weighted by Crippen LogP contribution is 2.35. The van der Waals surface area contributed by atoms with E-state index in [1.807, 2.05) is 5.38 Å². The molecule has 5 rings (SSSR count). The van der Waals surface area contributed by atoms with E-state index in [9.17, 15) is 27.9 Å². The summed E-state index contributed by atoms with van der Waals surface area (Å²) in [6, 6.07) is 9.63. The first kappa shape index (κ1) is 27.1. The summed E-state index contributed by atoms with van der Waals surface area (Å²) in [5.41, 5.74) is 0.390. The summed E-state index contributed by atoms with van der Waals surface area (Å²) in [5.74, 6) is -1.01. The van der Waals surface area contributed by atoms with Crippen LogP contribution in [0.15, 0.2) is 54.0 Å². The highest BCUT2D eigenvalue weighted by molar-refractivity contribution is 7.13. The van der Waals surface area contributed by atoms with Crippen molar-refractivity contribution in [1.82, 2.24) is 9.55 Å². The van der Waals surface area contributed by atoms with Gasteiger partial charge in [-0.15, -0.1) is 11.3 Å². The van der Waals surface area contributed by atoms with Gasteiger partial charge in [-0.1, -0.05) is 37.5 Å². The van der Waals surface area contributed by atoms with Crippen LogP contribution >= 0.6 is 11.3 Å². The van der Waals surface area contributed by atoms with E-state index in [1.54, 1.807) is 36.2 Å². The molecule has 1 fully saturated rings. The second-order valence-corrected chi connectivity index (χ2v) is 10.7. The summed E-state index contributed by atoms with van der Waals surface area (Å²) in [7, 11) is 0. The van der Waals surface area contributed by atoms with Crippen molar-refractivity contribution in [3.63, 3.8) is 0 Å². The number of alkyl halides is 3. The van der Waals surface area contributed by atoms with Gasteiger partial charge in [-0.05, 0) is 55.2 Å². The summed E-state index contributed by atoms with van der Waals surface area (Å²) in [4.78, 5) is 33.7. The van der Waals surface area contributed by atoms with E-state index in [4.69, 9.17) is 0 Å². The molecule has 2 aromatic carbocycles. The third kappa shape index (κ3) is 5.23. The minimum Gasteiger partial charge on any atom is -0.392 e. The lowest BCUT2D eigenvalue weighted by molar-refractivity contribution is -0.138. The average molecular weight is 556 g/mol. The van der Waals surface area contributed by atoms with Gasteiger partial charge in [-0.25, -0.2) is 4.98 Å². The molecule has 1 aliphatic carbocycles. The van der Waals surface area contributed by atoms with Gasteiger partial charge in [-0.2, -0.15) is 13.2 Å². The van der Waals surface area contributed by atoms with E-state index < -0.39 is 23.2 Å². The van der Waals surface area contributed by atoms with Crippen LogP contribution in [0.1, 0.15) is 64.8 Å². The Labute approximate surface area is 227 Å². The van der Waals surface area contributed by atoms with E-state index in [0.717, 1.165) is 44.2 Å². The van der Waals surface area contributed by atoms with Crippen molar-refractivity contribution in [3.05, 3.63) is 82.0 Å². The van der Waals surface area contributed by atoms with Gasteiger partial charge < -0.3 is 5.11 Å². The zero-order chi connectivity index (χ0) is 27.7. The normalized spacial score (nSPS) is 14.6. The molecule has 39 heavy (non-hydrogen) atoms. The van der Waals surface area contributed by atoms with Gasteiger partial charge in [0.25, 0.3) is 5.91 Å². The standard InChI is InChI=1S/C29H28F3N3O3S/c1-18-22(16-26(37)35(28-33-13-14-39-28)20-7-3-2-4-8-20)23-15-19(17-36)11-12-25(23)34(18)27(38)21-9-5-6-10-24(21)29(30,31)32/h5-6,9-15,20,36H,2-4,7-8,16-17H2,1H3. The van der Waals surface area contributed by atoms with Gasteiger partial charge in [0.2, 0.25) is 5.91 Å². The van der Waals surface area contributed by atoms with Crippen LogP contribution in [0.25, 0.3) is 10.9 Å². The van der Waals surface area contributed by atoms with Gasteiger partial charge in [-0.3, -0.25) is 19.1 Å². The molecule has 4 aromatic rings. The fourth-order valence-corrected chi connectivity index (χ4v) is 6.26. The molecule has 0 atom stereocenters. The average Bonchev–Trinajstić information content (AvgIpc) is 3.55. The Hall–Kier alpha value is -3.50. The lowest BCUT2D eigenvalue weighted by Crippen LogP contribution is -2.42. The Balaban J connectivity index is 1.61. The minimum absolute atomic E-state index is 0.0133. The third-order valence-electron chi connectivity index (χ3n) is 7.41. The fraction of sp³-hybridized carbons (Fsp3) is 0.345. The number of rotatable bonds is 6. The van der Waals surface area contributed by atoms with E-state index in [1.165, 1.54) is 28.0 Å². The quantitative estimate of drug-likeness (QED) is 0.294. The summed E-state index contributed by atoms with van der Waals surface area (Å²) in [5, 5.41) is 12.7. The Bertz CT molecular complexity index is 1510. The van der Waals surface area contributed by atoms with Crippen LogP contribution in [0, 0.1) is 6.92 Å². The SMILES string of the molecule is Cc1c(CC(=O)N(c2nccs2)C2CCCCC2)c2cc(CO)ccc2n1C(=O)c1ccccc1C(F)(F)F. The van der Waals surface area contributed by atoms with E-state index in [2.05, 4.69) is 4.98 Å². The van der Waals surface area contributed by atoms with Gasteiger partial charge in [0.1, 0.15) is 0 Å². The van der Waals surface area contributed by atoms with Gasteiger partial charge in [0.05, 0.1) is 29.7 Å². The molecule has 1 N–H and O–H groups in total. The number of nitrogens with zero attached hydrogens (tertiary/aromatic N) is 3. The number of carbonyl (C=O) groups is 2. The van der Waals surface area contributed by atoms with Crippen LogP contribution in [-0.2, 0) is 24.0 Å². The fourth-order valence-electron chi connectivity index (χ4n) is 5.53. The van der Waals surface area contributed by atoms with Crippen LogP contribution < -0.4 is 4.90 Å². The van der Waals surface area contributed by atoms with Crippen LogP contribution in [0.4, 0.5) is 18.3 Å². The molecule has 0 unspecified atom stereocenters. The maximum absolute atomic E-state index is 13.9. The second kappa shape index (κ2) is 10.9. The monoisotopic (exact) mass is 555 g/mol. The number of aliphatic hydroxyl groups is 1. The molecule has 0 bridgehead atoms.